The molecule has 1 aromatic rings. The number of carbonyl (C=O) groups is 2. The van der Waals surface area contributed by atoms with Crippen LogP contribution in [0.1, 0.15) is 23.2 Å². The van der Waals surface area contributed by atoms with Gasteiger partial charge in [0.25, 0.3) is 5.91 Å². The summed E-state index contributed by atoms with van der Waals surface area (Å²) < 4.78 is 0. The molecule has 6 heteroatoms. The number of nitrogens with zero attached hydrogens (tertiary/aromatic N) is 3. The predicted molar refractivity (Wildman–Crippen MR) is 89.0 cm³/mol. The van der Waals surface area contributed by atoms with Crippen molar-refractivity contribution in [1.82, 2.24) is 20.1 Å². The lowest BCUT2D eigenvalue weighted by atomic mass is 10.0. The monoisotopic (exact) mass is 316 g/mol. The first-order valence-corrected chi connectivity index (χ1v) is 7.87. The summed E-state index contributed by atoms with van der Waals surface area (Å²) in [6.45, 7) is 2.06. The second-order valence-corrected chi connectivity index (χ2v) is 5.98. The van der Waals surface area contributed by atoms with E-state index in [1.807, 2.05) is 30.0 Å². The molecule has 2 amide bonds. The van der Waals surface area contributed by atoms with Crippen LogP contribution in [0.3, 0.4) is 0 Å². The van der Waals surface area contributed by atoms with Gasteiger partial charge in [-0.15, -0.1) is 0 Å². The second-order valence-electron chi connectivity index (χ2n) is 5.98. The highest BCUT2D eigenvalue weighted by molar-refractivity contribution is 5.94. The average Bonchev–Trinajstić information content (AvgIpc) is 2.55. The largest absolute Gasteiger partial charge is 0.350 e. The predicted octanol–water partition coefficient (Wildman–Crippen LogP) is 0.920. The first kappa shape index (κ1) is 17.1. The normalized spacial score (nSPS) is 16.0. The number of carbonyl (C=O) groups excluding carboxylic acids is 2. The van der Waals surface area contributed by atoms with Gasteiger partial charge < -0.3 is 15.1 Å². The highest BCUT2D eigenvalue weighted by Crippen LogP contribution is 2.13. The minimum absolute atomic E-state index is 0.0306. The number of aromatic nitrogens is 1. The highest BCUT2D eigenvalue weighted by atomic mass is 16.2. The van der Waals surface area contributed by atoms with Gasteiger partial charge in [0.15, 0.2) is 0 Å². The maximum absolute atomic E-state index is 12.3. The molecule has 23 heavy (non-hydrogen) atoms. The second kappa shape index (κ2) is 8.43. The van der Waals surface area contributed by atoms with Gasteiger partial charge in [-0.25, -0.2) is 0 Å². The molecular formula is C17H24N4O2. The van der Waals surface area contributed by atoms with Crippen molar-refractivity contribution in [2.24, 2.45) is 0 Å². The minimum Gasteiger partial charge on any atom is -0.350 e. The fourth-order valence-corrected chi connectivity index (χ4v) is 2.52. The van der Waals surface area contributed by atoms with Crippen LogP contribution < -0.4 is 5.32 Å². The quantitative estimate of drug-likeness (QED) is 0.821. The number of piperidine rings is 1. The van der Waals surface area contributed by atoms with Crippen molar-refractivity contribution in [2.75, 3.05) is 33.7 Å². The zero-order chi connectivity index (χ0) is 16.7. The molecule has 0 unspecified atom stereocenters. The maximum Gasteiger partial charge on any atom is 0.253 e. The molecule has 0 bridgehead atoms. The van der Waals surface area contributed by atoms with Crippen LogP contribution in [-0.4, -0.2) is 66.4 Å². The zero-order valence-corrected chi connectivity index (χ0v) is 13.7. The van der Waals surface area contributed by atoms with E-state index in [9.17, 15) is 9.59 Å². The van der Waals surface area contributed by atoms with Crippen molar-refractivity contribution < 1.29 is 9.59 Å². The summed E-state index contributed by atoms with van der Waals surface area (Å²) >= 11 is 0. The Bertz CT molecular complexity index is 549. The summed E-state index contributed by atoms with van der Waals surface area (Å²) in [5.74, 6) is -0.0335. The summed E-state index contributed by atoms with van der Waals surface area (Å²) in [4.78, 5) is 31.9. The van der Waals surface area contributed by atoms with Gasteiger partial charge in [0.2, 0.25) is 5.91 Å². The van der Waals surface area contributed by atoms with E-state index in [-0.39, 0.29) is 17.9 Å². The van der Waals surface area contributed by atoms with Gasteiger partial charge in [0, 0.05) is 49.7 Å². The summed E-state index contributed by atoms with van der Waals surface area (Å²) in [7, 11) is 3.91. The fraction of sp³-hybridized carbons (Fsp3) is 0.471. The van der Waals surface area contributed by atoms with Crippen molar-refractivity contribution in [2.45, 2.75) is 18.9 Å². The molecule has 1 aliphatic heterocycles. The van der Waals surface area contributed by atoms with E-state index in [4.69, 9.17) is 0 Å². The Labute approximate surface area is 137 Å². The third-order valence-electron chi connectivity index (χ3n) is 3.80. The van der Waals surface area contributed by atoms with Crippen molar-refractivity contribution >= 4 is 11.8 Å². The van der Waals surface area contributed by atoms with Crippen molar-refractivity contribution in [1.29, 1.82) is 0 Å². The van der Waals surface area contributed by atoms with E-state index in [1.165, 1.54) is 0 Å². The van der Waals surface area contributed by atoms with Gasteiger partial charge in [-0.05, 0) is 39.1 Å². The molecule has 2 heterocycles. The summed E-state index contributed by atoms with van der Waals surface area (Å²) in [5.41, 5.74) is 0.661. The molecule has 6 nitrogen and oxygen atoms in total. The molecule has 0 radical (unpaired) electrons. The molecule has 0 aromatic carbocycles. The number of nitrogens with one attached hydrogen (secondary N) is 1. The number of amides is 2. The molecule has 1 N–H and O–H groups in total. The van der Waals surface area contributed by atoms with Gasteiger partial charge in [-0.2, -0.15) is 0 Å². The van der Waals surface area contributed by atoms with Crippen molar-refractivity contribution in [3.8, 4) is 0 Å². The SMILES string of the molecule is CN(C)C/C=C/C(=O)NC1CCN(C(=O)c2ccncc2)CC1. The van der Waals surface area contributed by atoms with E-state index < -0.39 is 0 Å². The Morgan fingerprint density at radius 1 is 1.30 bits per heavy atom. The van der Waals surface area contributed by atoms with Gasteiger partial charge in [0.05, 0.1) is 0 Å². The van der Waals surface area contributed by atoms with Crippen molar-refractivity contribution in [3.05, 3.63) is 42.2 Å². The molecule has 1 aromatic heterocycles. The van der Waals surface area contributed by atoms with E-state index >= 15 is 0 Å². The molecule has 1 aliphatic rings. The number of pyridine rings is 1. The Morgan fingerprint density at radius 2 is 1.96 bits per heavy atom. The Hall–Kier alpha value is -2.21. The van der Waals surface area contributed by atoms with E-state index in [0.717, 1.165) is 19.4 Å². The minimum atomic E-state index is -0.0641. The molecule has 124 valence electrons. The third kappa shape index (κ3) is 5.49. The van der Waals surface area contributed by atoms with Gasteiger partial charge >= 0.3 is 0 Å². The van der Waals surface area contributed by atoms with Crippen LogP contribution in [0.4, 0.5) is 0 Å². The maximum atomic E-state index is 12.3. The van der Waals surface area contributed by atoms with E-state index in [1.54, 1.807) is 30.6 Å². The molecule has 1 fully saturated rings. The van der Waals surface area contributed by atoms with Crippen LogP contribution in [0.25, 0.3) is 0 Å². The Kier molecular flexibility index (Phi) is 6.29. The topological polar surface area (TPSA) is 65.5 Å². The number of likely N-dealkylation sites (tertiary alicyclic amines) is 1. The first-order chi connectivity index (χ1) is 11.1. The van der Waals surface area contributed by atoms with Gasteiger partial charge in [0.1, 0.15) is 0 Å². The standard InChI is InChI=1S/C17H24N4O2/c1-20(2)11-3-4-16(22)19-15-7-12-21(13-8-15)17(23)14-5-9-18-10-6-14/h3-6,9-10,15H,7-8,11-13H2,1-2H3,(H,19,22)/b4-3+. The lowest BCUT2D eigenvalue weighted by molar-refractivity contribution is -0.117. The van der Waals surface area contributed by atoms with E-state index in [2.05, 4.69) is 10.3 Å². The molecule has 2 rings (SSSR count). The molecule has 0 spiro atoms. The highest BCUT2D eigenvalue weighted by Gasteiger charge is 2.24. The first-order valence-electron chi connectivity index (χ1n) is 7.87. The Morgan fingerprint density at radius 3 is 2.57 bits per heavy atom. The van der Waals surface area contributed by atoms with E-state index in [0.29, 0.717) is 18.7 Å². The zero-order valence-electron chi connectivity index (χ0n) is 13.7. The number of rotatable bonds is 5. The van der Waals surface area contributed by atoms with Crippen LogP contribution >= 0.6 is 0 Å². The van der Waals surface area contributed by atoms with Gasteiger partial charge in [-0.3, -0.25) is 14.6 Å². The van der Waals surface area contributed by atoms with Crippen LogP contribution in [0.5, 0.6) is 0 Å². The van der Waals surface area contributed by atoms with Crippen LogP contribution in [0.15, 0.2) is 36.7 Å². The molecule has 0 aliphatic carbocycles. The molecular weight excluding hydrogens is 292 g/mol. The molecule has 0 saturated carbocycles. The lowest BCUT2D eigenvalue weighted by Gasteiger charge is -2.32. The van der Waals surface area contributed by atoms with Crippen LogP contribution in [-0.2, 0) is 4.79 Å². The summed E-state index contributed by atoms with van der Waals surface area (Å²) in [6, 6.07) is 3.59. The van der Waals surface area contributed by atoms with Crippen molar-refractivity contribution in [3.63, 3.8) is 0 Å². The summed E-state index contributed by atoms with van der Waals surface area (Å²) in [6.07, 6.45) is 8.24. The summed E-state index contributed by atoms with van der Waals surface area (Å²) in [5, 5.41) is 3.00. The number of hydrogen-bond donors (Lipinski definition) is 1. The average molecular weight is 316 g/mol. The van der Waals surface area contributed by atoms with Crippen LogP contribution in [0, 0.1) is 0 Å². The third-order valence-corrected chi connectivity index (χ3v) is 3.80. The lowest BCUT2D eigenvalue weighted by Crippen LogP contribution is -2.46. The molecule has 1 saturated heterocycles. The molecule has 0 atom stereocenters. The number of hydrogen-bond acceptors (Lipinski definition) is 4. The van der Waals surface area contributed by atoms with Gasteiger partial charge in [-0.1, -0.05) is 6.08 Å². The fourth-order valence-electron chi connectivity index (χ4n) is 2.52. The smallest absolute Gasteiger partial charge is 0.253 e. The Balaban J connectivity index is 1.77. The van der Waals surface area contributed by atoms with Crippen LogP contribution in [0.2, 0.25) is 0 Å². The number of likely N-dealkylation sites (N-methyl/N-ethyl adjacent to an activating group) is 1.